The van der Waals surface area contributed by atoms with E-state index in [1.807, 2.05) is 53.1 Å². The number of nitro groups is 1. The van der Waals surface area contributed by atoms with Gasteiger partial charge in [0.1, 0.15) is 18.1 Å². The summed E-state index contributed by atoms with van der Waals surface area (Å²) in [4.78, 5) is 30.5. The summed E-state index contributed by atoms with van der Waals surface area (Å²) in [5.41, 5.74) is 6.96. The van der Waals surface area contributed by atoms with Gasteiger partial charge >= 0.3 is 0 Å². The Morgan fingerprint density at radius 1 is 1.02 bits per heavy atom. The van der Waals surface area contributed by atoms with Crippen LogP contribution in [0.1, 0.15) is 40.3 Å². The molecule has 8 nitrogen and oxygen atoms in total. The van der Waals surface area contributed by atoms with Gasteiger partial charge in [-0.2, -0.15) is 0 Å². The maximum atomic E-state index is 14.2. The van der Waals surface area contributed by atoms with Gasteiger partial charge in [-0.1, -0.05) is 47.7 Å². The summed E-state index contributed by atoms with van der Waals surface area (Å²) in [6.45, 7) is 0.227. The third-order valence-corrected chi connectivity index (χ3v) is 10.3. The van der Waals surface area contributed by atoms with Crippen molar-refractivity contribution in [3.8, 4) is 11.5 Å². The van der Waals surface area contributed by atoms with Crippen molar-refractivity contribution in [2.75, 3.05) is 7.11 Å². The highest BCUT2D eigenvalue weighted by Crippen LogP contribution is 2.42. The van der Waals surface area contributed by atoms with Crippen LogP contribution in [0.4, 0.5) is 5.69 Å². The third-order valence-electron chi connectivity index (χ3n) is 8.13. The molecule has 0 unspecified atom stereocenters. The molecule has 1 aromatic heterocycles. The van der Waals surface area contributed by atoms with E-state index in [2.05, 4.69) is 50.1 Å². The SMILES string of the molecule is COc1cccc([C@@H]2C3=C(N=c4s/c(=C\c5cc(Br)c(OCc6ccc([N+](=O)[O-])cc6)c(Br)c5)c(=O)n42)c2ccccc2CC3)c1. The molecular formula is C35H25Br2N3O5S. The van der Waals surface area contributed by atoms with E-state index in [-0.39, 0.29) is 23.9 Å². The van der Waals surface area contributed by atoms with Gasteiger partial charge in [0.25, 0.3) is 11.2 Å². The Kier molecular flexibility index (Phi) is 8.22. The summed E-state index contributed by atoms with van der Waals surface area (Å²) in [7, 11) is 1.65. The Bertz CT molecular complexity index is 2220. The second-order valence-electron chi connectivity index (χ2n) is 10.9. The molecule has 2 aliphatic rings. The standard InChI is InChI=1S/C35H25Br2N3O5S/c1-44-25-7-4-6-23(18-25)32-27-14-11-22-5-2-3-8-26(22)31(27)38-35-39(32)34(41)30(46-35)17-21-15-28(36)33(29(37)16-21)45-19-20-9-12-24(13-10-20)40(42)43/h2-10,12-13,15-18,32H,11,14,19H2,1H3/b30-17-/t32-/m1/s1. The van der Waals surface area contributed by atoms with Crippen LogP contribution in [0.15, 0.2) is 109 Å². The molecule has 0 N–H and O–H groups in total. The molecule has 1 aliphatic heterocycles. The van der Waals surface area contributed by atoms with Gasteiger partial charge in [0.05, 0.1) is 37.2 Å². The molecule has 2 heterocycles. The number of halogens is 2. The number of thiazole rings is 1. The van der Waals surface area contributed by atoms with Crippen molar-refractivity contribution in [3.63, 3.8) is 0 Å². The normalized spacial score (nSPS) is 15.5. The maximum absolute atomic E-state index is 14.2. The summed E-state index contributed by atoms with van der Waals surface area (Å²) < 4.78 is 15.4. The van der Waals surface area contributed by atoms with E-state index < -0.39 is 4.92 Å². The third kappa shape index (κ3) is 5.63. The van der Waals surface area contributed by atoms with Crippen LogP contribution in [-0.4, -0.2) is 16.6 Å². The van der Waals surface area contributed by atoms with Gasteiger partial charge in [0.15, 0.2) is 4.80 Å². The van der Waals surface area contributed by atoms with Crippen molar-refractivity contribution in [3.05, 3.63) is 157 Å². The van der Waals surface area contributed by atoms with E-state index in [0.717, 1.165) is 52.1 Å². The van der Waals surface area contributed by atoms with Gasteiger partial charge in [0, 0.05) is 17.7 Å². The Hall–Kier alpha value is -4.32. The van der Waals surface area contributed by atoms with Crippen LogP contribution in [0, 0.1) is 10.1 Å². The fraction of sp³-hybridized carbons (Fsp3) is 0.143. The van der Waals surface area contributed by atoms with Gasteiger partial charge < -0.3 is 9.47 Å². The number of aromatic nitrogens is 1. The van der Waals surface area contributed by atoms with E-state index in [0.29, 0.717) is 24.0 Å². The quantitative estimate of drug-likeness (QED) is 0.128. The number of nitrogens with zero attached hydrogens (tertiary/aromatic N) is 3. The van der Waals surface area contributed by atoms with Gasteiger partial charge in [-0.25, -0.2) is 4.99 Å². The molecule has 0 saturated heterocycles. The number of benzene rings is 4. The number of hydrogen-bond acceptors (Lipinski definition) is 7. The van der Waals surface area contributed by atoms with E-state index in [1.165, 1.54) is 29.0 Å². The van der Waals surface area contributed by atoms with E-state index in [4.69, 9.17) is 14.5 Å². The highest BCUT2D eigenvalue weighted by Gasteiger charge is 2.32. The van der Waals surface area contributed by atoms with Gasteiger partial charge in [-0.05, 0) is 115 Å². The predicted molar refractivity (Wildman–Crippen MR) is 185 cm³/mol. The number of aryl methyl sites for hydroxylation is 1. The number of ether oxygens (including phenoxy) is 2. The molecule has 0 bridgehead atoms. The smallest absolute Gasteiger partial charge is 0.271 e. The largest absolute Gasteiger partial charge is 0.497 e. The van der Waals surface area contributed by atoms with Crippen LogP contribution in [0.25, 0.3) is 11.8 Å². The second-order valence-corrected chi connectivity index (χ2v) is 13.6. The summed E-state index contributed by atoms with van der Waals surface area (Å²) in [6.07, 6.45) is 3.57. The number of allylic oxidation sites excluding steroid dienone is 1. The Balaban J connectivity index is 1.28. The lowest BCUT2D eigenvalue weighted by molar-refractivity contribution is -0.384. The first-order valence-corrected chi connectivity index (χ1v) is 16.8. The van der Waals surface area contributed by atoms with Crippen LogP contribution in [0.3, 0.4) is 0 Å². The molecule has 0 radical (unpaired) electrons. The van der Waals surface area contributed by atoms with Crippen LogP contribution in [0.5, 0.6) is 11.5 Å². The first-order valence-electron chi connectivity index (χ1n) is 14.4. The number of fused-ring (bicyclic) bond motifs is 3. The average Bonchev–Trinajstić information content (AvgIpc) is 3.37. The minimum Gasteiger partial charge on any atom is -0.497 e. The highest BCUT2D eigenvalue weighted by atomic mass is 79.9. The zero-order chi connectivity index (χ0) is 31.9. The number of hydrogen-bond donors (Lipinski definition) is 0. The fourth-order valence-electron chi connectivity index (χ4n) is 5.96. The topological polar surface area (TPSA) is 96.0 Å². The fourth-order valence-corrected chi connectivity index (χ4v) is 8.41. The molecule has 7 rings (SSSR count). The number of rotatable bonds is 7. The first kappa shape index (κ1) is 30.3. The molecule has 5 aromatic rings. The maximum Gasteiger partial charge on any atom is 0.271 e. The molecule has 0 amide bonds. The van der Waals surface area contributed by atoms with Crippen molar-refractivity contribution >= 4 is 60.7 Å². The first-order chi connectivity index (χ1) is 22.3. The molecule has 11 heteroatoms. The zero-order valence-electron chi connectivity index (χ0n) is 24.4. The Labute approximate surface area is 284 Å². The molecule has 1 aliphatic carbocycles. The number of non-ortho nitro benzene ring substituents is 1. The van der Waals surface area contributed by atoms with E-state index in [9.17, 15) is 14.9 Å². The lowest BCUT2D eigenvalue weighted by Gasteiger charge is -2.31. The van der Waals surface area contributed by atoms with E-state index >= 15 is 0 Å². The molecule has 0 saturated carbocycles. The van der Waals surface area contributed by atoms with Crippen LogP contribution >= 0.6 is 43.2 Å². The minimum atomic E-state index is -0.431. The number of methoxy groups -OCH3 is 1. The van der Waals surface area contributed by atoms with Crippen LogP contribution in [0.2, 0.25) is 0 Å². The van der Waals surface area contributed by atoms with Crippen molar-refractivity contribution in [1.82, 2.24) is 4.57 Å². The second kappa shape index (κ2) is 12.5. The highest BCUT2D eigenvalue weighted by molar-refractivity contribution is 9.11. The van der Waals surface area contributed by atoms with Crippen molar-refractivity contribution < 1.29 is 14.4 Å². The average molecular weight is 759 g/mol. The molecule has 1 atom stereocenters. The Morgan fingerprint density at radius 2 is 1.78 bits per heavy atom. The lowest BCUT2D eigenvalue weighted by Crippen LogP contribution is -2.38. The molecule has 0 fully saturated rings. The monoisotopic (exact) mass is 757 g/mol. The zero-order valence-corrected chi connectivity index (χ0v) is 28.4. The predicted octanol–water partition coefficient (Wildman–Crippen LogP) is 7.34. The molecular weight excluding hydrogens is 734 g/mol. The summed E-state index contributed by atoms with van der Waals surface area (Å²) >= 11 is 8.62. The number of nitro benzene ring substituents is 1. The molecule has 46 heavy (non-hydrogen) atoms. The van der Waals surface area contributed by atoms with Crippen molar-refractivity contribution in [1.29, 1.82) is 0 Å². The summed E-state index contributed by atoms with van der Waals surface area (Å²) in [5.74, 6) is 1.32. The van der Waals surface area contributed by atoms with Crippen LogP contribution < -0.4 is 24.4 Å². The lowest BCUT2D eigenvalue weighted by atomic mass is 9.83. The van der Waals surface area contributed by atoms with Crippen molar-refractivity contribution in [2.24, 2.45) is 4.99 Å². The minimum absolute atomic E-state index is 0.0283. The van der Waals surface area contributed by atoms with E-state index in [1.54, 1.807) is 19.2 Å². The van der Waals surface area contributed by atoms with Gasteiger partial charge in [-0.3, -0.25) is 19.5 Å². The summed E-state index contributed by atoms with van der Waals surface area (Å²) in [6, 6.07) is 26.0. The molecule has 230 valence electrons. The van der Waals surface area contributed by atoms with Gasteiger partial charge in [0.2, 0.25) is 0 Å². The summed E-state index contributed by atoms with van der Waals surface area (Å²) in [5, 5.41) is 11.0. The molecule has 0 spiro atoms. The van der Waals surface area contributed by atoms with Crippen LogP contribution in [-0.2, 0) is 13.0 Å². The van der Waals surface area contributed by atoms with Crippen molar-refractivity contribution in [2.45, 2.75) is 25.5 Å². The van der Waals surface area contributed by atoms with Gasteiger partial charge in [-0.15, -0.1) is 0 Å². The molecule has 4 aromatic carbocycles. The Morgan fingerprint density at radius 3 is 2.52 bits per heavy atom.